The van der Waals surface area contributed by atoms with Crippen LogP contribution in [0.5, 0.6) is 0 Å². The topological polar surface area (TPSA) is 97.2 Å². The third-order valence-corrected chi connectivity index (χ3v) is 3.17. The summed E-state index contributed by atoms with van der Waals surface area (Å²) < 4.78 is 0. The average Bonchev–Trinajstić information content (AvgIpc) is 2.92. The lowest BCUT2D eigenvalue weighted by atomic mass is 10.1. The van der Waals surface area contributed by atoms with Crippen molar-refractivity contribution < 1.29 is 9.72 Å². The van der Waals surface area contributed by atoms with E-state index in [9.17, 15) is 14.9 Å². The molecule has 104 valence electrons. The maximum absolute atomic E-state index is 12.0. The first-order chi connectivity index (χ1) is 9.61. The van der Waals surface area contributed by atoms with Gasteiger partial charge >= 0.3 is 0 Å². The van der Waals surface area contributed by atoms with Gasteiger partial charge in [0, 0.05) is 29.8 Å². The van der Waals surface area contributed by atoms with E-state index >= 15 is 0 Å². The number of benzene rings is 1. The van der Waals surface area contributed by atoms with Crippen LogP contribution >= 0.6 is 11.3 Å². The molecule has 0 atom stereocenters. The average molecular weight is 292 g/mol. The lowest BCUT2D eigenvalue weighted by Gasteiger charge is -2.06. The minimum atomic E-state index is -0.516. The summed E-state index contributed by atoms with van der Waals surface area (Å²) in [6.45, 7) is 2.40. The minimum Gasteiger partial charge on any atom is -0.380 e. The number of hydrogen-bond acceptors (Lipinski definition) is 6. The van der Waals surface area contributed by atoms with Gasteiger partial charge < -0.3 is 5.32 Å². The predicted octanol–water partition coefficient (Wildman–Crippen LogP) is 2.74. The van der Waals surface area contributed by atoms with Gasteiger partial charge in [-0.25, -0.2) is 4.98 Å². The first-order valence-corrected chi connectivity index (χ1v) is 6.73. The summed E-state index contributed by atoms with van der Waals surface area (Å²) in [5, 5.41) is 18.7. The molecule has 0 unspecified atom stereocenters. The summed E-state index contributed by atoms with van der Waals surface area (Å²) in [4.78, 5) is 26.4. The second-order valence-electron chi connectivity index (χ2n) is 3.81. The second-order valence-corrected chi connectivity index (χ2v) is 4.71. The quantitative estimate of drug-likeness (QED) is 0.652. The van der Waals surface area contributed by atoms with E-state index in [1.54, 1.807) is 11.6 Å². The van der Waals surface area contributed by atoms with Crippen LogP contribution in [0.1, 0.15) is 17.3 Å². The van der Waals surface area contributed by atoms with Gasteiger partial charge in [-0.3, -0.25) is 20.2 Å². The number of hydrogen-bond donors (Lipinski definition) is 2. The molecule has 1 aromatic heterocycles. The van der Waals surface area contributed by atoms with Crippen LogP contribution in [0.25, 0.3) is 0 Å². The van der Waals surface area contributed by atoms with Crippen molar-refractivity contribution in [2.24, 2.45) is 0 Å². The van der Waals surface area contributed by atoms with Gasteiger partial charge in [-0.2, -0.15) is 0 Å². The zero-order chi connectivity index (χ0) is 14.5. The largest absolute Gasteiger partial charge is 0.380 e. The Hall–Kier alpha value is -2.48. The molecule has 0 aliphatic carbocycles. The lowest BCUT2D eigenvalue weighted by molar-refractivity contribution is -0.384. The Bertz CT molecular complexity index is 628. The maximum atomic E-state index is 12.0. The molecule has 0 radical (unpaired) electrons. The number of carbonyl (C=O) groups is 1. The molecule has 1 heterocycles. The van der Waals surface area contributed by atoms with Crippen molar-refractivity contribution in [3.8, 4) is 0 Å². The fraction of sp³-hybridized carbons (Fsp3) is 0.167. The molecule has 0 bridgehead atoms. The standard InChI is InChI=1S/C12H12N4O3S/c1-2-13-9-4-3-8(7-10(9)16(18)19)11(17)15-12-14-5-6-20-12/h3-7,13H,2H2,1H3,(H,14,15,17). The van der Waals surface area contributed by atoms with E-state index in [2.05, 4.69) is 15.6 Å². The molecule has 0 aliphatic rings. The number of carbonyl (C=O) groups excluding carboxylic acids is 1. The highest BCUT2D eigenvalue weighted by atomic mass is 32.1. The molecule has 20 heavy (non-hydrogen) atoms. The molecule has 2 N–H and O–H groups in total. The minimum absolute atomic E-state index is 0.126. The molecule has 0 saturated carbocycles. The third-order valence-electron chi connectivity index (χ3n) is 2.48. The number of nitrogens with zero attached hydrogens (tertiary/aromatic N) is 2. The van der Waals surface area contributed by atoms with E-state index in [0.29, 0.717) is 17.4 Å². The Morgan fingerprint density at radius 1 is 1.50 bits per heavy atom. The maximum Gasteiger partial charge on any atom is 0.293 e. The molecule has 7 nitrogen and oxygen atoms in total. The Morgan fingerprint density at radius 3 is 2.90 bits per heavy atom. The van der Waals surface area contributed by atoms with E-state index in [4.69, 9.17) is 0 Å². The fourth-order valence-corrected chi connectivity index (χ4v) is 2.14. The molecule has 0 fully saturated rings. The number of aromatic nitrogens is 1. The van der Waals surface area contributed by atoms with Gasteiger partial charge in [0.05, 0.1) is 4.92 Å². The lowest BCUT2D eigenvalue weighted by Crippen LogP contribution is -2.12. The molecule has 0 aliphatic heterocycles. The van der Waals surface area contributed by atoms with Gasteiger partial charge in [-0.05, 0) is 19.1 Å². The summed E-state index contributed by atoms with van der Waals surface area (Å²) >= 11 is 1.28. The van der Waals surface area contributed by atoms with Crippen molar-refractivity contribution in [2.75, 3.05) is 17.2 Å². The van der Waals surface area contributed by atoms with Crippen LogP contribution in [0.2, 0.25) is 0 Å². The highest BCUT2D eigenvalue weighted by Gasteiger charge is 2.17. The van der Waals surface area contributed by atoms with E-state index in [1.807, 2.05) is 6.92 Å². The third kappa shape index (κ3) is 3.09. The van der Waals surface area contributed by atoms with Gasteiger partial charge in [-0.15, -0.1) is 11.3 Å². The summed E-state index contributed by atoms with van der Waals surface area (Å²) in [6.07, 6.45) is 1.57. The Labute approximate surface area is 118 Å². The van der Waals surface area contributed by atoms with Crippen LogP contribution in [0.15, 0.2) is 29.8 Å². The summed E-state index contributed by atoms with van der Waals surface area (Å²) in [5.41, 5.74) is 0.482. The number of nitro benzene ring substituents is 1. The smallest absolute Gasteiger partial charge is 0.293 e. The molecule has 0 spiro atoms. The first-order valence-electron chi connectivity index (χ1n) is 5.85. The zero-order valence-electron chi connectivity index (χ0n) is 10.6. The summed E-state index contributed by atoms with van der Waals surface area (Å²) in [7, 11) is 0. The first kappa shape index (κ1) is 13.9. The van der Waals surface area contributed by atoms with E-state index in [-0.39, 0.29) is 11.3 Å². The number of nitro groups is 1. The molecule has 2 aromatic rings. The van der Waals surface area contributed by atoms with Crippen LogP contribution in [0.4, 0.5) is 16.5 Å². The summed E-state index contributed by atoms with van der Waals surface area (Å²) in [6, 6.07) is 4.31. The van der Waals surface area contributed by atoms with E-state index in [0.717, 1.165) is 0 Å². The molecule has 2 rings (SSSR count). The Morgan fingerprint density at radius 2 is 2.30 bits per heavy atom. The van der Waals surface area contributed by atoms with Crippen LogP contribution in [0.3, 0.4) is 0 Å². The van der Waals surface area contributed by atoms with Gasteiger partial charge in [0.15, 0.2) is 5.13 Å². The predicted molar refractivity (Wildman–Crippen MR) is 77.3 cm³/mol. The molecular weight excluding hydrogens is 280 g/mol. The van der Waals surface area contributed by atoms with Crippen LogP contribution in [-0.4, -0.2) is 22.4 Å². The molecule has 1 amide bonds. The SMILES string of the molecule is CCNc1ccc(C(=O)Nc2nccs2)cc1[N+](=O)[O-]. The van der Waals surface area contributed by atoms with Crippen molar-refractivity contribution in [1.82, 2.24) is 4.98 Å². The van der Waals surface area contributed by atoms with Gasteiger partial charge in [0.2, 0.25) is 0 Å². The highest BCUT2D eigenvalue weighted by molar-refractivity contribution is 7.13. The Balaban J connectivity index is 2.26. The number of amides is 1. The normalized spacial score (nSPS) is 10.1. The molecular formula is C12H12N4O3S. The van der Waals surface area contributed by atoms with Crippen molar-refractivity contribution in [3.63, 3.8) is 0 Å². The Kier molecular flexibility index (Phi) is 4.26. The number of nitrogens with one attached hydrogen (secondary N) is 2. The van der Waals surface area contributed by atoms with Crippen molar-refractivity contribution in [2.45, 2.75) is 6.92 Å². The molecule has 8 heteroatoms. The van der Waals surface area contributed by atoms with Crippen molar-refractivity contribution >= 4 is 33.8 Å². The van der Waals surface area contributed by atoms with Crippen LogP contribution in [0, 0.1) is 10.1 Å². The van der Waals surface area contributed by atoms with Gasteiger partial charge in [-0.1, -0.05) is 0 Å². The molecule has 0 saturated heterocycles. The highest BCUT2D eigenvalue weighted by Crippen LogP contribution is 2.26. The summed E-state index contributed by atoms with van der Waals surface area (Å²) in [5.74, 6) is -0.425. The molecule has 1 aromatic carbocycles. The van der Waals surface area contributed by atoms with E-state index < -0.39 is 10.8 Å². The van der Waals surface area contributed by atoms with Crippen molar-refractivity contribution in [1.29, 1.82) is 0 Å². The zero-order valence-corrected chi connectivity index (χ0v) is 11.4. The van der Waals surface area contributed by atoms with Crippen LogP contribution in [-0.2, 0) is 0 Å². The fourth-order valence-electron chi connectivity index (χ4n) is 1.62. The number of anilines is 2. The monoisotopic (exact) mass is 292 g/mol. The number of thiazole rings is 1. The van der Waals surface area contributed by atoms with Gasteiger partial charge in [0.25, 0.3) is 11.6 Å². The van der Waals surface area contributed by atoms with E-state index in [1.165, 1.54) is 29.5 Å². The van der Waals surface area contributed by atoms with Crippen molar-refractivity contribution in [3.05, 3.63) is 45.5 Å². The second kappa shape index (κ2) is 6.11. The van der Waals surface area contributed by atoms with Crippen LogP contribution < -0.4 is 10.6 Å². The van der Waals surface area contributed by atoms with Gasteiger partial charge in [0.1, 0.15) is 5.69 Å². The number of rotatable bonds is 5.